The van der Waals surface area contributed by atoms with Gasteiger partial charge in [0.2, 0.25) is 0 Å². The summed E-state index contributed by atoms with van der Waals surface area (Å²) in [7, 11) is 0. The second-order valence-electron chi connectivity index (χ2n) is 6.29. The number of aromatic nitrogens is 3. The molecule has 0 spiro atoms. The van der Waals surface area contributed by atoms with E-state index in [1.165, 1.54) is 17.8 Å². The van der Waals surface area contributed by atoms with Gasteiger partial charge in [-0.1, -0.05) is 47.6 Å². The maximum atomic E-state index is 13.9. The highest BCUT2D eigenvalue weighted by Gasteiger charge is 2.20. The summed E-state index contributed by atoms with van der Waals surface area (Å²) < 4.78 is 21.9. The van der Waals surface area contributed by atoms with Gasteiger partial charge in [0.25, 0.3) is 0 Å². The van der Waals surface area contributed by atoms with Gasteiger partial charge in [-0.15, -0.1) is 16.8 Å². The first-order valence-corrected chi connectivity index (χ1v) is 10.2. The number of hydrogen-bond acceptors (Lipinski definition) is 4. The molecule has 0 saturated carbocycles. The highest BCUT2D eigenvalue weighted by Crippen LogP contribution is 2.29. The fraction of sp³-hybridized carbons (Fsp3) is 0.238. The molecule has 4 nitrogen and oxygen atoms in total. The van der Waals surface area contributed by atoms with Gasteiger partial charge in [-0.25, -0.2) is 4.39 Å². The number of rotatable bonds is 8. The van der Waals surface area contributed by atoms with E-state index in [0.717, 1.165) is 11.3 Å². The molecule has 1 heterocycles. The van der Waals surface area contributed by atoms with Crippen molar-refractivity contribution in [2.75, 3.05) is 0 Å². The zero-order valence-electron chi connectivity index (χ0n) is 15.7. The van der Waals surface area contributed by atoms with Gasteiger partial charge in [-0.05, 0) is 49.2 Å². The van der Waals surface area contributed by atoms with E-state index >= 15 is 0 Å². The summed E-state index contributed by atoms with van der Waals surface area (Å²) in [6, 6.07) is 12.2. The van der Waals surface area contributed by atoms with Gasteiger partial charge in [0.05, 0.1) is 0 Å². The van der Waals surface area contributed by atoms with Crippen molar-refractivity contribution in [2.45, 2.75) is 37.4 Å². The van der Waals surface area contributed by atoms with E-state index in [-0.39, 0.29) is 11.9 Å². The van der Waals surface area contributed by atoms with E-state index in [2.05, 4.69) is 16.8 Å². The highest BCUT2D eigenvalue weighted by molar-refractivity contribution is 7.98. The fourth-order valence-electron chi connectivity index (χ4n) is 2.75. The van der Waals surface area contributed by atoms with Crippen molar-refractivity contribution in [1.29, 1.82) is 0 Å². The van der Waals surface area contributed by atoms with Crippen molar-refractivity contribution in [3.05, 3.63) is 82.9 Å². The van der Waals surface area contributed by atoms with E-state index in [1.807, 2.05) is 36.6 Å². The summed E-state index contributed by atoms with van der Waals surface area (Å²) >= 11 is 7.45. The van der Waals surface area contributed by atoms with Crippen LogP contribution < -0.4 is 4.74 Å². The van der Waals surface area contributed by atoms with Crippen LogP contribution in [-0.4, -0.2) is 14.8 Å². The molecule has 0 amide bonds. The normalized spacial score (nSPS) is 12.0. The molecule has 0 N–H and O–H groups in total. The van der Waals surface area contributed by atoms with Crippen LogP contribution >= 0.6 is 23.4 Å². The average Bonchev–Trinajstić information content (AvgIpc) is 3.06. The first-order valence-electron chi connectivity index (χ1n) is 8.82. The molecule has 2 aromatic carbocycles. The summed E-state index contributed by atoms with van der Waals surface area (Å²) in [5, 5.41) is 9.96. The third-order valence-corrected chi connectivity index (χ3v) is 5.43. The molecule has 0 aliphatic carbocycles. The molecule has 146 valence electrons. The smallest absolute Gasteiger partial charge is 0.191 e. The minimum Gasteiger partial charge on any atom is -0.482 e. The fourth-order valence-corrected chi connectivity index (χ4v) is 3.92. The summed E-state index contributed by atoms with van der Waals surface area (Å²) in [4.78, 5) is 0. The summed E-state index contributed by atoms with van der Waals surface area (Å²) in [6.45, 7) is 8.22. The molecule has 0 bridgehead atoms. The van der Waals surface area contributed by atoms with Crippen molar-refractivity contribution in [3.8, 4) is 5.75 Å². The van der Waals surface area contributed by atoms with Crippen LogP contribution in [0.15, 0.2) is 60.3 Å². The van der Waals surface area contributed by atoms with Crippen LogP contribution in [0.2, 0.25) is 5.02 Å². The number of halogens is 2. The van der Waals surface area contributed by atoms with Crippen LogP contribution in [0.4, 0.5) is 4.39 Å². The molecule has 1 atom stereocenters. The second-order valence-corrected chi connectivity index (χ2v) is 7.67. The lowest BCUT2D eigenvalue weighted by Gasteiger charge is -2.17. The quantitative estimate of drug-likeness (QED) is 0.333. The molecular weight excluding hydrogens is 397 g/mol. The number of benzene rings is 2. The molecule has 28 heavy (non-hydrogen) atoms. The lowest BCUT2D eigenvalue weighted by Crippen LogP contribution is -2.12. The molecule has 0 aliphatic rings. The van der Waals surface area contributed by atoms with Gasteiger partial charge >= 0.3 is 0 Å². The number of allylic oxidation sites excluding steroid dienone is 1. The minimum atomic E-state index is -0.324. The van der Waals surface area contributed by atoms with E-state index < -0.39 is 0 Å². The van der Waals surface area contributed by atoms with Gasteiger partial charge in [-0.3, -0.25) is 4.57 Å². The van der Waals surface area contributed by atoms with Crippen molar-refractivity contribution < 1.29 is 9.13 Å². The topological polar surface area (TPSA) is 39.9 Å². The average molecular weight is 418 g/mol. The van der Waals surface area contributed by atoms with Crippen molar-refractivity contribution in [2.24, 2.45) is 0 Å². The Kier molecular flexibility index (Phi) is 6.75. The van der Waals surface area contributed by atoms with E-state index in [1.54, 1.807) is 24.3 Å². The van der Waals surface area contributed by atoms with Gasteiger partial charge < -0.3 is 4.74 Å². The summed E-state index contributed by atoms with van der Waals surface area (Å²) in [5.41, 5.74) is 1.58. The molecular formula is C21H21ClFN3OS. The van der Waals surface area contributed by atoms with Gasteiger partial charge in [-0.2, -0.15) is 0 Å². The minimum absolute atomic E-state index is 0.222. The van der Waals surface area contributed by atoms with Gasteiger partial charge in [0.15, 0.2) is 17.1 Å². The second kappa shape index (κ2) is 9.26. The van der Waals surface area contributed by atoms with Crippen LogP contribution in [0.3, 0.4) is 0 Å². The van der Waals surface area contributed by atoms with E-state index in [4.69, 9.17) is 16.3 Å². The summed E-state index contributed by atoms with van der Waals surface area (Å²) in [5.74, 6) is 1.67. The Balaban J connectivity index is 1.79. The Labute approximate surface area is 173 Å². The van der Waals surface area contributed by atoms with Crippen LogP contribution in [0, 0.1) is 12.7 Å². The first-order chi connectivity index (χ1) is 13.5. The maximum Gasteiger partial charge on any atom is 0.191 e. The molecule has 3 rings (SSSR count). The Bertz CT molecular complexity index is 976. The predicted molar refractivity (Wildman–Crippen MR) is 111 cm³/mol. The Morgan fingerprint density at radius 3 is 2.79 bits per heavy atom. The van der Waals surface area contributed by atoms with Crippen LogP contribution in [0.1, 0.15) is 30.0 Å². The molecule has 0 radical (unpaired) electrons. The number of hydrogen-bond donors (Lipinski definition) is 0. The largest absolute Gasteiger partial charge is 0.482 e. The zero-order valence-corrected chi connectivity index (χ0v) is 17.3. The van der Waals surface area contributed by atoms with Crippen LogP contribution in [0.5, 0.6) is 5.75 Å². The number of aryl methyl sites for hydroxylation is 1. The number of nitrogens with zero attached hydrogens (tertiary/aromatic N) is 3. The van der Waals surface area contributed by atoms with Crippen molar-refractivity contribution in [3.63, 3.8) is 0 Å². The standard InChI is InChI=1S/C21H21ClFN3OS/c1-4-11-26-20(15(3)27-19-10-9-17(22)12-14(19)2)24-25-21(26)28-13-16-7-5-6-8-18(16)23/h4-10,12,15H,1,11,13H2,2-3H3. The third kappa shape index (κ3) is 4.75. The zero-order chi connectivity index (χ0) is 20.1. The Morgan fingerprint density at radius 1 is 1.29 bits per heavy atom. The van der Waals surface area contributed by atoms with Gasteiger partial charge in [0, 0.05) is 17.3 Å². The van der Waals surface area contributed by atoms with Crippen LogP contribution in [0.25, 0.3) is 0 Å². The van der Waals surface area contributed by atoms with Crippen molar-refractivity contribution in [1.82, 2.24) is 14.8 Å². The molecule has 7 heteroatoms. The van der Waals surface area contributed by atoms with E-state index in [0.29, 0.717) is 33.9 Å². The highest BCUT2D eigenvalue weighted by atomic mass is 35.5. The summed E-state index contributed by atoms with van der Waals surface area (Å²) in [6.07, 6.45) is 1.45. The lowest BCUT2D eigenvalue weighted by atomic mass is 10.2. The van der Waals surface area contributed by atoms with Crippen molar-refractivity contribution >= 4 is 23.4 Å². The Hall–Kier alpha value is -2.31. The number of thioether (sulfide) groups is 1. The molecule has 1 unspecified atom stereocenters. The SMILES string of the molecule is C=CCn1c(SCc2ccccc2F)nnc1C(C)Oc1ccc(Cl)cc1C. The number of ether oxygens (including phenoxy) is 1. The molecule has 0 saturated heterocycles. The first kappa shape index (κ1) is 20.4. The molecule has 0 fully saturated rings. The third-order valence-electron chi connectivity index (χ3n) is 4.18. The van der Waals surface area contributed by atoms with Gasteiger partial charge in [0.1, 0.15) is 11.6 Å². The van der Waals surface area contributed by atoms with E-state index in [9.17, 15) is 4.39 Å². The molecule has 3 aromatic rings. The maximum absolute atomic E-state index is 13.9. The van der Waals surface area contributed by atoms with Crippen LogP contribution in [-0.2, 0) is 12.3 Å². The monoisotopic (exact) mass is 417 g/mol. The predicted octanol–water partition coefficient (Wildman–Crippen LogP) is 6.00. The molecule has 0 aliphatic heterocycles. The molecule has 1 aromatic heterocycles. The lowest BCUT2D eigenvalue weighted by molar-refractivity contribution is 0.209. The Morgan fingerprint density at radius 2 is 2.07 bits per heavy atom.